The molecule has 0 aliphatic rings. The van der Waals surface area contributed by atoms with Crippen molar-refractivity contribution in [3.05, 3.63) is 68.7 Å². The Balaban J connectivity index is 1.94. The smallest absolute Gasteiger partial charge is 0.0929 e. The summed E-state index contributed by atoms with van der Waals surface area (Å²) < 4.78 is 0. The second kappa shape index (κ2) is 7.30. The van der Waals surface area contributed by atoms with Crippen LogP contribution in [0.15, 0.2) is 42.5 Å². The fourth-order valence-electron chi connectivity index (χ4n) is 1.87. The van der Waals surface area contributed by atoms with Gasteiger partial charge in [-0.25, -0.2) is 0 Å². The molecule has 2 aromatic carbocycles. The first-order valence-corrected chi connectivity index (χ1v) is 7.28. The van der Waals surface area contributed by atoms with Gasteiger partial charge in [0.05, 0.1) is 6.10 Å². The van der Waals surface area contributed by atoms with Gasteiger partial charge in [-0.2, -0.15) is 0 Å². The number of hydrogen-bond acceptors (Lipinski definition) is 2. The van der Waals surface area contributed by atoms with Crippen molar-refractivity contribution >= 4 is 34.8 Å². The number of hydrogen-bond donors (Lipinski definition) is 2. The van der Waals surface area contributed by atoms with Crippen LogP contribution in [0.2, 0.25) is 15.1 Å². The molecule has 0 spiro atoms. The van der Waals surface area contributed by atoms with Crippen LogP contribution in [-0.2, 0) is 6.54 Å². The Hall–Kier alpha value is -0.770. The van der Waals surface area contributed by atoms with Crippen LogP contribution < -0.4 is 5.32 Å². The minimum absolute atomic E-state index is 0.366. The SMILES string of the molecule is OC(CNCc1ccccc1Cl)c1cc(Cl)ccc1Cl. The third kappa shape index (κ3) is 4.11. The molecule has 0 aliphatic carbocycles. The maximum atomic E-state index is 10.1. The molecule has 2 rings (SSSR count). The molecule has 0 aromatic heterocycles. The molecule has 1 atom stereocenters. The first-order valence-electron chi connectivity index (χ1n) is 6.15. The number of aliphatic hydroxyl groups excluding tert-OH is 1. The van der Waals surface area contributed by atoms with Crippen molar-refractivity contribution in [1.82, 2.24) is 5.32 Å². The van der Waals surface area contributed by atoms with E-state index in [1.807, 2.05) is 24.3 Å². The lowest BCUT2D eigenvalue weighted by molar-refractivity contribution is 0.174. The van der Waals surface area contributed by atoms with Gasteiger partial charge in [0.2, 0.25) is 0 Å². The Morgan fingerprint density at radius 2 is 1.75 bits per heavy atom. The first-order chi connectivity index (χ1) is 9.58. The number of nitrogens with one attached hydrogen (secondary N) is 1. The highest BCUT2D eigenvalue weighted by Crippen LogP contribution is 2.26. The summed E-state index contributed by atoms with van der Waals surface area (Å²) >= 11 is 18.0. The van der Waals surface area contributed by atoms with Crippen LogP contribution in [0.3, 0.4) is 0 Å². The third-order valence-electron chi connectivity index (χ3n) is 2.93. The van der Waals surface area contributed by atoms with Crippen molar-refractivity contribution in [1.29, 1.82) is 0 Å². The van der Waals surface area contributed by atoms with E-state index in [9.17, 15) is 5.11 Å². The van der Waals surface area contributed by atoms with E-state index in [0.29, 0.717) is 33.7 Å². The van der Waals surface area contributed by atoms with Gasteiger partial charge in [0.1, 0.15) is 0 Å². The van der Waals surface area contributed by atoms with Crippen LogP contribution in [-0.4, -0.2) is 11.7 Å². The summed E-state index contributed by atoms with van der Waals surface area (Å²) in [5.41, 5.74) is 1.60. The van der Waals surface area contributed by atoms with Gasteiger partial charge in [-0.15, -0.1) is 0 Å². The Kier molecular flexibility index (Phi) is 5.70. The Labute approximate surface area is 133 Å². The van der Waals surface area contributed by atoms with Crippen molar-refractivity contribution < 1.29 is 5.11 Å². The summed E-state index contributed by atoms with van der Waals surface area (Å²) in [6, 6.07) is 12.6. The van der Waals surface area contributed by atoms with E-state index in [-0.39, 0.29) is 0 Å². The van der Waals surface area contributed by atoms with E-state index in [2.05, 4.69) is 5.32 Å². The molecule has 0 heterocycles. The molecule has 0 saturated heterocycles. The number of halogens is 3. The van der Waals surface area contributed by atoms with E-state index in [0.717, 1.165) is 5.56 Å². The quantitative estimate of drug-likeness (QED) is 0.847. The molecule has 0 bridgehead atoms. The Morgan fingerprint density at radius 1 is 1.00 bits per heavy atom. The average Bonchev–Trinajstić information content (AvgIpc) is 2.43. The normalized spacial score (nSPS) is 12.4. The van der Waals surface area contributed by atoms with Crippen molar-refractivity contribution in [2.24, 2.45) is 0 Å². The molecule has 20 heavy (non-hydrogen) atoms. The van der Waals surface area contributed by atoms with Crippen molar-refractivity contribution in [2.75, 3.05) is 6.54 Å². The summed E-state index contributed by atoms with van der Waals surface area (Å²) in [4.78, 5) is 0. The predicted molar refractivity (Wildman–Crippen MR) is 84.6 cm³/mol. The van der Waals surface area contributed by atoms with E-state index in [1.54, 1.807) is 18.2 Å². The maximum absolute atomic E-state index is 10.1. The zero-order valence-corrected chi connectivity index (χ0v) is 12.9. The molecule has 0 saturated carbocycles. The molecular formula is C15H14Cl3NO. The Bertz CT molecular complexity index is 589. The number of aliphatic hydroxyl groups is 1. The van der Waals surface area contributed by atoms with Crippen LogP contribution >= 0.6 is 34.8 Å². The molecule has 2 N–H and O–H groups in total. The van der Waals surface area contributed by atoms with Gasteiger partial charge in [-0.05, 0) is 29.8 Å². The van der Waals surface area contributed by atoms with Gasteiger partial charge < -0.3 is 10.4 Å². The standard InChI is InChI=1S/C15H14Cl3NO/c16-11-5-6-14(18)12(7-11)15(20)9-19-8-10-3-1-2-4-13(10)17/h1-7,15,19-20H,8-9H2. The van der Waals surface area contributed by atoms with Gasteiger partial charge in [0, 0.05) is 33.7 Å². The van der Waals surface area contributed by atoms with Crippen molar-refractivity contribution in [3.8, 4) is 0 Å². The van der Waals surface area contributed by atoms with Gasteiger partial charge in [0.25, 0.3) is 0 Å². The summed E-state index contributed by atoms with van der Waals surface area (Å²) in [5, 5.41) is 15.0. The van der Waals surface area contributed by atoms with Gasteiger partial charge in [-0.1, -0.05) is 53.0 Å². The lowest BCUT2D eigenvalue weighted by atomic mass is 10.1. The highest BCUT2D eigenvalue weighted by atomic mass is 35.5. The molecule has 2 aromatic rings. The molecule has 2 nitrogen and oxygen atoms in total. The summed E-state index contributed by atoms with van der Waals surface area (Å²) in [6.07, 6.45) is -0.719. The minimum Gasteiger partial charge on any atom is -0.387 e. The van der Waals surface area contributed by atoms with E-state index < -0.39 is 6.10 Å². The largest absolute Gasteiger partial charge is 0.387 e. The first kappa shape index (κ1) is 15.6. The lowest BCUT2D eigenvalue weighted by Gasteiger charge is -2.14. The van der Waals surface area contributed by atoms with Crippen LogP contribution in [0.4, 0.5) is 0 Å². The highest BCUT2D eigenvalue weighted by Gasteiger charge is 2.12. The van der Waals surface area contributed by atoms with E-state index in [1.165, 1.54) is 0 Å². The molecule has 0 amide bonds. The fourth-order valence-corrected chi connectivity index (χ4v) is 2.49. The Morgan fingerprint density at radius 3 is 2.50 bits per heavy atom. The second-order valence-electron chi connectivity index (χ2n) is 4.40. The van der Waals surface area contributed by atoms with Crippen LogP contribution in [0.5, 0.6) is 0 Å². The predicted octanol–water partition coefficient (Wildman–Crippen LogP) is 4.47. The molecule has 0 fully saturated rings. The average molecular weight is 331 g/mol. The zero-order valence-electron chi connectivity index (χ0n) is 10.6. The van der Waals surface area contributed by atoms with Crippen LogP contribution in [0, 0.1) is 0 Å². The van der Waals surface area contributed by atoms with Crippen LogP contribution in [0.25, 0.3) is 0 Å². The third-order valence-corrected chi connectivity index (χ3v) is 3.88. The second-order valence-corrected chi connectivity index (χ2v) is 5.65. The minimum atomic E-state index is -0.719. The number of benzene rings is 2. The molecular weight excluding hydrogens is 317 g/mol. The van der Waals surface area contributed by atoms with E-state index >= 15 is 0 Å². The maximum Gasteiger partial charge on any atom is 0.0929 e. The molecule has 5 heteroatoms. The number of rotatable bonds is 5. The van der Waals surface area contributed by atoms with Crippen LogP contribution in [0.1, 0.15) is 17.2 Å². The molecule has 0 aliphatic heterocycles. The molecule has 106 valence electrons. The van der Waals surface area contributed by atoms with E-state index in [4.69, 9.17) is 34.8 Å². The van der Waals surface area contributed by atoms with Gasteiger partial charge >= 0.3 is 0 Å². The van der Waals surface area contributed by atoms with Gasteiger partial charge in [-0.3, -0.25) is 0 Å². The van der Waals surface area contributed by atoms with Gasteiger partial charge in [0.15, 0.2) is 0 Å². The fraction of sp³-hybridized carbons (Fsp3) is 0.200. The summed E-state index contributed by atoms with van der Waals surface area (Å²) in [7, 11) is 0. The zero-order chi connectivity index (χ0) is 14.5. The molecule has 1 unspecified atom stereocenters. The summed E-state index contributed by atoms with van der Waals surface area (Å²) in [5.74, 6) is 0. The van der Waals surface area contributed by atoms with Crippen molar-refractivity contribution in [2.45, 2.75) is 12.6 Å². The highest BCUT2D eigenvalue weighted by molar-refractivity contribution is 6.33. The monoisotopic (exact) mass is 329 g/mol. The van der Waals surface area contributed by atoms with Crippen molar-refractivity contribution in [3.63, 3.8) is 0 Å². The lowest BCUT2D eigenvalue weighted by Crippen LogP contribution is -2.21. The summed E-state index contributed by atoms with van der Waals surface area (Å²) in [6.45, 7) is 0.945. The molecule has 0 radical (unpaired) electrons. The topological polar surface area (TPSA) is 32.3 Å².